The molecule has 4 aromatic rings. The lowest BCUT2D eigenvalue weighted by atomic mass is 10.0. The fraction of sp³-hybridized carbons (Fsp3) is 0.0556. The van der Waals surface area contributed by atoms with Gasteiger partial charge in [0, 0.05) is 10.9 Å². The third kappa shape index (κ3) is 2.55. The second-order valence-corrected chi connectivity index (χ2v) is 5.73. The molecule has 2 aromatic carbocycles. The van der Waals surface area contributed by atoms with Crippen molar-refractivity contribution in [3.8, 4) is 22.7 Å². The lowest BCUT2D eigenvalue weighted by molar-refractivity contribution is 0.552. The molecule has 0 bridgehead atoms. The largest absolute Gasteiger partial charge is 0.409 e. The van der Waals surface area contributed by atoms with Crippen molar-refractivity contribution in [3.05, 3.63) is 65.0 Å². The van der Waals surface area contributed by atoms with Crippen LogP contribution in [-0.4, -0.2) is 15.2 Å². The van der Waals surface area contributed by atoms with Gasteiger partial charge in [-0.15, -0.1) is 5.10 Å². The minimum absolute atomic E-state index is 0.263. The lowest BCUT2D eigenvalue weighted by Gasteiger charge is -2.08. The summed E-state index contributed by atoms with van der Waals surface area (Å²) in [6, 6.07) is 18.2. The zero-order valence-electron chi connectivity index (χ0n) is 12.4. The number of nitrogens with zero attached hydrogens (tertiary/aromatic N) is 2. The van der Waals surface area contributed by atoms with E-state index in [2.05, 4.69) is 23.2 Å². The molecule has 4 rings (SSSR count). The van der Waals surface area contributed by atoms with Crippen LogP contribution in [0.5, 0.6) is 0 Å². The molecule has 112 valence electrons. The smallest absolute Gasteiger partial charge is 0.284 e. The molecule has 4 nitrogen and oxygen atoms in total. The number of nitrogens with one attached hydrogen (secondary N) is 1. The van der Waals surface area contributed by atoms with Crippen LogP contribution in [0.4, 0.5) is 0 Å². The second kappa shape index (κ2) is 5.44. The molecule has 0 radical (unpaired) electrons. The van der Waals surface area contributed by atoms with Gasteiger partial charge in [0.25, 0.3) is 4.84 Å². The number of aryl methyl sites for hydroxylation is 1. The Morgan fingerprint density at radius 3 is 2.61 bits per heavy atom. The fourth-order valence-electron chi connectivity index (χ4n) is 2.62. The van der Waals surface area contributed by atoms with E-state index in [1.165, 1.54) is 0 Å². The SMILES string of the molecule is Cc1ccc2nc(-c3ccccc3)cc(-c3n[nH]c(=S)o3)c2c1. The van der Waals surface area contributed by atoms with Crippen LogP contribution in [-0.2, 0) is 0 Å². The highest BCUT2D eigenvalue weighted by Crippen LogP contribution is 2.31. The van der Waals surface area contributed by atoms with Crippen molar-refractivity contribution in [1.82, 2.24) is 15.2 Å². The van der Waals surface area contributed by atoms with Crippen LogP contribution in [0.2, 0.25) is 0 Å². The summed E-state index contributed by atoms with van der Waals surface area (Å²) in [5, 5.41) is 7.86. The van der Waals surface area contributed by atoms with Gasteiger partial charge in [-0.2, -0.15) is 0 Å². The number of benzene rings is 2. The molecule has 0 aliphatic rings. The Hall–Kier alpha value is -2.79. The van der Waals surface area contributed by atoms with Gasteiger partial charge in [-0.25, -0.2) is 10.1 Å². The summed E-state index contributed by atoms with van der Waals surface area (Å²) >= 11 is 5.01. The van der Waals surface area contributed by atoms with Crippen molar-refractivity contribution in [3.63, 3.8) is 0 Å². The maximum Gasteiger partial charge on any atom is 0.284 e. The molecule has 1 N–H and O–H groups in total. The highest BCUT2D eigenvalue weighted by molar-refractivity contribution is 7.71. The van der Waals surface area contributed by atoms with E-state index in [0.717, 1.165) is 33.3 Å². The quantitative estimate of drug-likeness (QED) is 0.533. The number of hydrogen-bond donors (Lipinski definition) is 1. The second-order valence-electron chi connectivity index (χ2n) is 5.36. The van der Waals surface area contributed by atoms with Crippen LogP contribution in [0, 0.1) is 11.8 Å². The van der Waals surface area contributed by atoms with Gasteiger partial charge in [0.05, 0.1) is 16.8 Å². The molecule has 0 spiro atoms. The number of aromatic nitrogens is 3. The van der Waals surface area contributed by atoms with Gasteiger partial charge in [-0.05, 0) is 37.3 Å². The van der Waals surface area contributed by atoms with E-state index in [-0.39, 0.29) is 4.84 Å². The zero-order valence-corrected chi connectivity index (χ0v) is 13.2. The molecular weight excluding hydrogens is 306 g/mol. The number of H-pyrrole nitrogens is 1. The average Bonchev–Trinajstić information content (AvgIpc) is 3.01. The standard InChI is InChI=1S/C18H13N3OS/c1-11-7-8-15-13(9-11)14(17-20-21-18(23)22-17)10-16(19-15)12-5-3-2-4-6-12/h2-10H,1H3,(H,21,23). The topological polar surface area (TPSA) is 54.7 Å². The minimum atomic E-state index is 0.263. The summed E-state index contributed by atoms with van der Waals surface area (Å²) in [5.41, 5.74) is 4.86. The van der Waals surface area contributed by atoms with E-state index >= 15 is 0 Å². The Morgan fingerprint density at radius 2 is 1.87 bits per heavy atom. The van der Waals surface area contributed by atoms with Gasteiger partial charge in [0.15, 0.2) is 0 Å². The van der Waals surface area contributed by atoms with E-state index in [4.69, 9.17) is 21.6 Å². The third-order valence-electron chi connectivity index (χ3n) is 3.70. The van der Waals surface area contributed by atoms with Gasteiger partial charge < -0.3 is 4.42 Å². The maximum absolute atomic E-state index is 5.53. The van der Waals surface area contributed by atoms with Crippen molar-refractivity contribution in [1.29, 1.82) is 0 Å². The van der Waals surface area contributed by atoms with Crippen molar-refractivity contribution in [2.45, 2.75) is 6.92 Å². The Balaban J connectivity index is 2.05. The lowest BCUT2D eigenvalue weighted by Crippen LogP contribution is -1.90. The number of aromatic amines is 1. The molecule has 23 heavy (non-hydrogen) atoms. The predicted octanol–water partition coefficient (Wildman–Crippen LogP) is 4.92. The van der Waals surface area contributed by atoms with Crippen molar-refractivity contribution in [2.24, 2.45) is 0 Å². The van der Waals surface area contributed by atoms with Crippen LogP contribution in [0.25, 0.3) is 33.6 Å². The van der Waals surface area contributed by atoms with Gasteiger partial charge in [0.2, 0.25) is 5.89 Å². The normalized spacial score (nSPS) is 11.0. The summed E-state index contributed by atoms with van der Waals surface area (Å²) in [4.78, 5) is 5.04. The van der Waals surface area contributed by atoms with Gasteiger partial charge >= 0.3 is 0 Å². The molecule has 0 atom stereocenters. The van der Waals surface area contributed by atoms with Crippen LogP contribution < -0.4 is 0 Å². The molecule has 0 unspecified atom stereocenters. The molecule has 2 heterocycles. The summed E-state index contributed by atoms with van der Waals surface area (Å²) in [6.07, 6.45) is 0. The van der Waals surface area contributed by atoms with Gasteiger partial charge in [-0.3, -0.25) is 0 Å². The highest BCUT2D eigenvalue weighted by atomic mass is 32.1. The molecule has 0 aliphatic carbocycles. The Kier molecular flexibility index (Phi) is 3.28. The van der Waals surface area contributed by atoms with Crippen molar-refractivity contribution in [2.75, 3.05) is 0 Å². The molecule has 0 saturated heterocycles. The predicted molar refractivity (Wildman–Crippen MR) is 92.6 cm³/mol. The summed E-state index contributed by atoms with van der Waals surface area (Å²) in [7, 11) is 0. The highest BCUT2D eigenvalue weighted by Gasteiger charge is 2.13. The maximum atomic E-state index is 5.53. The number of fused-ring (bicyclic) bond motifs is 1. The van der Waals surface area contributed by atoms with E-state index < -0.39 is 0 Å². The fourth-order valence-corrected chi connectivity index (χ4v) is 2.74. The minimum Gasteiger partial charge on any atom is -0.409 e. The van der Waals surface area contributed by atoms with Crippen LogP contribution >= 0.6 is 12.2 Å². The molecule has 0 amide bonds. The molecule has 0 aliphatic heterocycles. The first-order valence-electron chi connectivity index (χ1n) is 7.23. The first-order chi connectivity index (χ1) is 11.2. The Labute approximate surface area is 137 Å². The number of rotatable bonds is 2. The molecule has 2 aromatic heterocycles. The zero-order chi connectivity index (χ0) is 15.8. The third-order valence-corrected chi connectivity index (χ3v) is 3.88. The van der Waals surface area contributed by atoms with Crippen LogP contribution in [0.15, 0.2) is 59.0 Å². The van der Waals surface area contributed by atoms with Crippen LogP contribution in [0.3, 0.4) is 0 Å². The Morgan fingerprint density at radius 1 is 1.04 bits per heavy atom. The van der Waals surface area contributed by atoms with E-state index in [1.54, 1.807) is 0 Å². The summed E-state index contributed by atoms with van der Waals surface area (Å²) in [6.45, 7) is 2.05. The van der Waals surface area contributed by atoms with E-state index in [1.807, 2.05) is 48.5 Å². The van der Waals surface area contributed by atoms with Crippen molar-refractivity contribution >= 4 is 23.1 Å². The van der Waals surface area contributed by atoms with Crippen LogP contribution in [0.1, 0.15) is 5.56 Å². The first kappa shape index (κ1) is 13.8. The Bertz CT molecular complexity index is 1050. The average molecular weight is 319 g/mol. The van der Waals surface area contributed by atoms with Gasteiger partial charge in [0.1, 0.15) is 0 Å². The number of pyridine rings is 1. The summed E-state index contributed by atoms with van der Waals surface area (Å²) in [5.74, 6) is 0.477. The monoisotopic (exact) mass is 319 g/mol. The molecular formula is C18H13N3OS. The number of hydrogen-bond acceptors (Lipinski definition) is 4. The first-order valence-corrected chi connectivity index (χ1v) is 7.64. The molecule has 0 saturated carbocycles. The van der Waals surface area contributed by atoms with Crippen molar-refractivity contribution < 1.29 is 4.42 Å². The molecule has 5 heteroatoms. The summed E-state index contributed by atoms with van der Waals surface area (Å²) < 4.78 is 5.53. The van der Waals surface area contributed by atoms with E-state index in [0.29, 0.717) is 5.89 Å². The van der Waals surface area contributed by atoms with E-state index in [9.17, 15) is 0 Å². The van der Waals surface area contributed by atoms with Gasteiger partial charge in [-0.1, -0.05) is 42.0 Å². The molecule has 0 fully saturated rings.